The van der Waals surface area contributed by atoms with Gasteiger partial charge < -0.3 is 14.4 Å². The molecule has 5 nitrogen and oxygen atoms in total. The Labute approximate surface area is 147 Å². The first-order valence-corrected chi connectivity index (χ1v) is 8.33. The monoisotopic (exact) mass is 338 g/mol. The summed E-state index contributed by atoms with van der Waals surface area (Å²) in [6, 6.07) is 13.6. The average molecular weight is 338 g/mol. The van der Waals surface area contributed by atoms with Crippen LogP contribution in [-0.2, 0) is 11.3 Å². The van der Waals surface area contributed by atoms with E-state index in [4.69, 9.17) is 9.47 Å². The molecule has 1 aliphatic rings. The van der Waals surface area contributed by atoms with Gasteiger partial charge >= 0.3 is 0 Å². The summed E-state index contributed by atoms with van der Waals surface area (Å²) in [7, 11) is 0. The van der Waals surface area contributed by atoms with Gasteiger partial charge in [-0.3, -0.25) is 4.79 Å². The Kier molecular flexibility index (Phi) is 5.46. The fourth-order valence-corrected chi connectivity index (χ4v) is 2.76. The van der Waals surface area contributed by atoms with Gasteiger partial charge in [0, 0.05) is 12.2 Å². The number of nitrogens with zero attached hydrogens (tertiary/aromatic N) is 2. The molecule has 0 fully saturated rings. The number of hydrogen-bond acceptors (Lipinski definition) is 4. The van der Waals surface area contributed by atoms with Crippen molar-refractivity contribution in [3.63, 3.8) is 0 Å². The normalized spacial score (nSPS) is 16.8. The van der Waals surface area contributed by atoms with Crippen LogP contribution >= 0.6 is 0 Å². The van der Waals surface area contributed by atoms with Gasteiger partial charge in [-0.2, -0.15) is 0 Å². The first-order chi connectivity index (χ1) is 12.2. The Balaban J connectivity index is 1.72. The fourth-order valence-electron chi connectivity index (χ4n) is 2.76. The number of fused-ring (bicyclic) bond motifs is 1. The van der Waals surface area contributed by atoms with Crippen LogP contribution < -0.4 is 4.74 Å². The van der Waals surface area contributed by atoms with Crippen molar-refractivity contribution in [1.82, 2.24) is 9.88 Å². The summed E-state index contributed by atoms with van der Waals surface area (Å²) in [5, 5.41) is 0. The predicted octanol–water partition coefficient (Wildman–Crippen LogP) is 3.00. The minimum absolute atomic E-state index is 0.0899. The number of aryl methyl sites for hydroxylation is 1. The van der Waals surface area contributed by atoms with Crippen molar-refractivity contribution in [2.75, 3.05) is 19.7 Å². The van der Waals surface area contributed by atoms with E-state index >= 15 is 0 Å². The Morgan fingerprint density at radius 2 is 2.12 bits per heavy atom. The number of benzene rings is 1. The maximum Gasteiger partial charge on any atom is 0.259 e. The highest BCUT2D eigenvalue weighted by Gasteiger charge is 2.29. The van der Waals surface area contributed by atoms with Gasteiger partial charge in [0.05, 0.1) is 19.8 Å². The quantitative estimate of drug-likeness (QED) is 0.760. The summed E-state index contributed by atoms with van der Waals surface area (Å²) in [6.45, 7) is 7.40. The summed E-state index contributed by atoms with van der Waals surface area (Å²) in [5.41, 5.74) is 2.40. The van der Waals surface area contributed by atoms with Crippen LogP contribution in [0.4, 0.5) is 0 Å². The molecule has 130 valence electrons. The van der Waals surface area contributed by atoms with Gasteiger partial charge in [-0.1, -0.05) is 36.4 Å². The molecule has 0 spiro atoms. The molecule has 0 saturated carbocycles. The molecule has 1 aromatic heterocycles. The minimum Gasteiger partial charge on any atom is -0.469 e. The van der Waals surface area contributed by atoms with Gasteiger partial charge in [0.2, 0.25) is 5.88 Å². The number of ether oxygens (including phenoxy) is 2. The largest absolute Gasteiger partial charge is 0.469 e. The van der Waals surface area contributed by atoms with Crippen LogP contribution in [-0.4, -0.2) is 41.6 Å². The Hall–Kier alpha value is -2.66. The SMILES string of the molecule is C=CCN1C[C@H](COCc2ccccc2)Oc2nc(C)ccc2C1=O. The molecular formula is C20H22N2O3. The molecule has 1 atom stereocenters. The summed E-state index contributed by atoms with van der Waals surface area (Å²) in [6.07, 6.45) is 1.44. The zero-order valence-corrected chi connectivity index (χ0v) is 14.4. The standard InChI is InChI=1S/C20H22N2O3/c1-3-11-22-12-17(14-24-13-16-7-5-4-6-8-16)25-19-18(20(22)23)10-9-15(2)21-19/h3-10,17H,1,11-14H2,2H3/t17-/m1/s1. The summed E-state index contributed by atoms with van der Waals surface area (Å²) < 4.78 is 11.8. The first kappa shape index (κ1) is 17.2. The zero-order chi connectivity index (χ0) is 17.6. The summed E-state index contributed by atoms with van der Waals surface area (Å²) >= 11 is 0. The molecule has 0 N–H and O–H groups in total. The van der Waals surface area contributed by atoms with Gasteiger partial charge in [-0.15, -0.1) is 6.58 Å². The molecule has 0 radical (unpaired) electrons. The molecule has 25 heavy (non-hydrogen) atoms. The molecule has 5 heteroatoms. The topological polar surface area (TPSA) is 51.7 Å². The van der Waals surface area contributed by atoms with Crippen LogP contribution in [0.5, 0.6) is 5.88 Å². The van der Waals surface area contributed by atoms with Gasteiger partial charge in [0.15, 0.2) is 0 Å². The Morgan fingerprint density at radius 1 is 1.32 bits per heavy atom. The third-order valence-corrected chi connectivity index (χ3v) is 3.98. The van der Waals surface area contributed by atoms with Crippen molar-refractivity contribution in [3.8, 4) is 5.88 Å². The Bertz CT molecular complexity index is 746. The van der Waals surface area contributed by atoms with E-state index in [1.54, 1.807) is 17.0 Å². The first-order valence-electron chi connectivity index (χ1n) is 8.33. The van der Waals surface area contributed by atoms with Crippen molar-refractivity contribution >= 4 is 5.91 Å². The van der Waals surface area contributed by atoms with E-state index in [1.807, 2.05) is 43.3 Å². The van der Waals surface area contributed by atoms with E-state index in [0.29, 0.717) is 37.7 Å². The van der Waals surface area contributed by atoms with Crippen LogP contribution in [0, 0.1) is 6.92 Å². The van der Waals surface area contributed by atoms with Crippen LogP contribution in [0.15, 0.2) is 55.1 Å². The second-order valence-corrected chi connectivity index (χ2v) is 6.04. The van der Waals surface area contributed by atoms with Crippen LogP contribution in [0.25, 0.3) is 0 Å². The lowest BCUT2D eigenvalue weighted by atomic mass is 10.2. The lowest BCUT2D eigenvalue weighted by molar-refractivity contribution is 0.0271. The van der Waals surface area contributed by atoms with E-state index in [9.17, 15) is 4.79 Å². The van der Waals surface area contributed by atoms with Crippen molar-refractivity contribution in [2.24, 2.45) is 0 Å². The van der Waals surface area contributed by atoms with Crippen molar-refractivity contribution < 1.29 is 14.3 Å². The third kappa shape index (κ3) is 4.25. The van der Waals surface area contributed by atoms with Gasteiger partial charge in [-0.25, -0.2) is 4.98 Å². The molecular weight excluding hydrogens is 316 g/mol. The van der Waals surface area contributed by atoms with Crippen LogP contribution in [0.1, 0.15) is 21.6 Å². The van der Waals surface area contributed by atoms with Gasteiger partial charge in [0.1, 0.15) is 11.7 Å². The van der Waals surface area contributed by atoms with Crippen molar-refractivity contribution in [2.45, 2.75) is 19.6 Å². The second kappa shape index (κ2) is 7.94. The van der Waals surface area contributed by atoms with Crippen LogP contribution in [0.2, 0.25) is 0 Å². The molecule has 1 amide bonds. The number of pyridine rings is 1. The highest BCUT2D eigenvalue weighted by Crippen LogP contribution is 2.23. The number of carbonyl (C=O) groups is 1. The van der Waals surface area contributed by atoms with E-state index in [2.05, 4.69) is 11.6 Å². The smallest absolute Gasteiger partial charge is 0.259 e. The predicted molar refractivity (Wildman–Crippen MR) is 95.6 cm³/mol. The lowest BCUT2D eigenvalue weighted by Crippen LogP contribution is -2.39. The summed E-state index contributed by atoms with van der Waals surface area (Å²) in [4.78, 5) is 18.8. The molecule has 0 bridgehead atoms. The third-order valence-electron chi connectivity index (χ3n) is 3.98. The molecule has 2 aromatic rings. The van der Waals surface area contributed by atoms with E-state index in [1.165, 1.54) is 0 Å². The summed E-state index contributed by atoms with van der Waals surface area (Å²) in [5.74, 6) is 0.290. The van der Waals surface area contributed by atoms with Gasteiger partial charge in [-0.05, 0) is 24.6 Å². The highest BCUT2D eigenvalue weighted by atomic mass is 16.5. The Morgan fingerprint density at radius 3 is 2.88 bits per heavy atom. The highest BCUT2D eigenvalue weighted by molar-refractivity contribution is 5.96. The lowest BCUT2D eigenvalue weighted by Gasteiger charge is -2.22. The molecule has 0 aliphatic carbocycles. The number of aromatic nitrogens is 1. The maximum absolute atomic E-state index is 12.7. The van der Waals surface area contributed by atoms with Gasteiger partial charge in [0.25, 0.3) is 5.91 Å². The second-order valence-electron chi connectivity index (χ2n) is 6.04. The molecule has 3 rings (SSSR count). The molecule has 1 aliphatic heterocycles. The van der Waals surface area contributed by atoms with E-state index < -0.39 is 0 Å². The van der Waals surface area contributed by atoms with E-state index in [0.717, 1.165) is 11.3 Å². The minimum atomic E-state index is -0.275. The van der Waals surface area contributed by atoms with Crippen LogP contribution in [0.3, 0.4) is 0 Å². The van der Waals surface area contributed by atoms with Crippen molar-refractivity contribution in [1.29, 1.82) is 0 Å². The number of hydrogen-bond donors (Lipinski definition) is 0. The van der Waals surface area contributed by atoms with E-state index in [-0.39, 0.29) is 12.0 Å². The fraction of sp³-hybridized carbons (Fsp3) is 0.300. The van der Waals surface area contributed by atoms with Crippen molar-refractivity contribution in [3.05, 3.63) is 71.9 Å². The number of amides is 1. The molecule has 0 saturated heterocycles. The average Bonchev–Trinajstić information content (AvgIpc) is 2.73. The molecule has 1 aromatic carbocycles. The maximum atomic E-state index is 12.7. The zero-order valence-electron chi connectivity index (χ0n) is 14.4. The molecule has 0 unspecified atom stereocenters. The molecule has 2 heterocycles. The number of carbonyl (C=O) groups excluding carboxylic acids is 1. The number of rotatable bonds is 6.